The molecule has 0 radical (unpaired) electrons. The highest BCUT2D eigenvalue weighted by atomic mass is 32.1. The largest absolute Gasteiger partial charge is 0.417 e. The quantitative estimate of drug-likeness (QED) is 0.416. The highest BCUT2D eigenvalue weighted by Crippen LogP contribution is 2.38. The summed E-state index contributed by atoms with van der Waals surface area (Å²) in [6, 6.07) is 2.91. The molecule has 3 aromatic rings. The second kappa shape index (κ2) is 9.97. The maximum Gasteiger partial charge on any atom is 0.417 e. The average Bonchev–Trinajstić information content (AvgIpc) is 3.21. The van der Waals surface area contributed by atoms with Crippen LogP contribution in [0.15, 0.2) is 30.6 Å². The number of aryl methyl sites for hydroxylation is 1. The van der Waals surface area contributed by atoms with Gasteiger partial charge in [-0.3, -0.25) is 9.59 Å². The van der Waals surface area contributed by atoms with Gasteiger partial charge in [-0.25, -0.2) is 18.7 Å². The summed E-state index contributed by atoms with van der Waals surface area (Å²) in [7, 11) is 0. The smallest absolute Gasteiger partial charge is 0.380 e. The van der Waals surface area contributed by atoms with Gasteiger partial charge in [-0.15, -0.1) is 0 Å². The third-order valence-electron chi connectivity index (χ3n) is 5.79. The number of piperidine rings is 1. The lowest BCUT2D eigenvalue weighted by Crippen LogP contribution is -2.54. The van der Waals surface area contributed by atoms with Crippen LogP contribution in [0, 0.1) is 18.6 Å². The highest BCUT2D eigenvalue weighted by molar-refractivity contribution is 7.10. The van der Waals surface area contributed by atoms with Crippen LogP contribution in [0.4, 0.5) is 38.5 Å². The normalized spacial score (nSPS) is 15.4. The summed E-state index contributed by atoms with van der Waals surface area (Å²) in [5.74, 6) is -3.31. The van der Waals surface area contributed by atoms with Crippen LogP contribution in [-0.4, -0.2) is 61.0 Å². The first-order chi connectivity index (χ1) is 17.4. The van der Waals surface area contributed by atoms with Crippen LogP contribution in [0.3, 0.4) is 0 Å². The van der Waals surface area contributed by atoms with Gasteiger partial charge in [0.2, 0.25) is 0 Å². The van der Waals surface area contributed by atoms with Gasteiger partial charge in [0.05, 0.1) is 23.7 Å². The minimum Gasteiger partial charge on any atom is -0.380 e. The van der Waals surface area contributed by atoms with Crippen molar-refractivity contribution in [1.29, 1.82) is 0 Å². The molecule has 0 aliphatic carbocycles. The topological polar surface area (TPSA) is 120 Å². The maximum atomic E-state index is 13.5. The molecule has 2 amide bonds. The van der Waals surface area contributed by atoms with E-state index in [-0.39, 0.29) is 40.9 Å². The van der Waals surface area contributed by atoms with Crippen molar-refractivity contribution in [3.05, 3.63) is 59.2 Å². The summed E-state index contributed by atoms with van der Waals surface area (Å²) in [6.07, 6.45) is -3.74. The van der Waals surface area contributed by atoms with Gasteiger partial charge < -0.3 is 20.6 Å². The average molecular weight is 542 g/mol. The molecule has 4 rings (SSSR count). The molecule has 1 saturated heterocycles. The molecule has 1 aliphatic heterocycles. The van der Waals surface area contributed by atoms with Gasteiger partial charge in [0, 0.05) is 37.7 Å². The molecule has 0 saturated carbocycles. The molecule has 1 fully saturated rings. The first-order valence-corrected chi connectivity index (χ1v) is 11.6. The van der Waals surface area contributed by atoms with Gasteiger partial charge in [0.15, 0.2) is 17.2 Å². The molecule has 0 unspecified atom stereocenters. The third kappa shape index (κ3) is 5.51. The van der Waals surface area contributed by atoms with E-state index in [1.807, 2.05) is 0 Å². The molecule has 0 atom stereocenters. The molecule has 9 nitrogen and oxygen atoms in total. The Balaban J connectivity index is 1.42. The number of aliphatic hydroxyl groups is 1. The summed E-state index contributed by atoms with van der Waals surface area (Å²) in [5.41, 5.74) is -2.42. The molecule has 0 spiro atoms. The number of anilines is 3. The Morgan fingerprint density at radius 3 is 2.41 bits per heavy atom. The van der Waals surface area contributed by atoms with Crippen LogP contribution in [0.25, 0.3) is 0 Å². The number of nitrogens with one attached hydrogen (secondary N) is 2. The Morgan fingerprint density at radius 1 is 1.11 bits per heavy atom. The Kier molecular flexibility index (Phi) is 7.10. The van der Waals surface area contributed by atoms with Crippen molar-refractivity contribution in [2.75, 3.05) is 23.7 Å². The predicted molar refractivity (Wildman–Crippen MR) is 123 cm³/mol. The third-order valence-corrected chi connectivity index (χ3v) is 6.64. The Hall–Kier alpha value is -3.72. The SMILES string of the molecule is Cc1nsc(Nc2cnc(C(=O)N3CCC(O)(C(F)(F)F)CC3)cn2)c1C(=O)Nc1ccc(F)c(F)c1. The van der Waals surface area contributed by atoms with Crippen LogP contribution in [-0.2, 0) is 0 Å². The second-order valence-corrected chi connectivity index (χ2v) is 9.06. The number of carbonyl (C=O) groups excluding carboxylic acids is 2. The lowest BCUT2D eigenvalue weighted by molar-refractivity contribution is -0.271. The Bertz CT molecular complexity index is 1320. The molecule has 1 aromatic carbocycles. The van der Waals surface area contributed by atoms with E-state index in [9.17, 15) is 36.6 Å². The Morgan fingerprint density at radius 2 is 1.81 bits per heavy atom. The fourth-order valence-electron chi connectivity index (χ4n) is 3.63. The molecular formula is C22H19F5N6O3S. The predicted octanol–water partition coefficient (Wildman–Crippen LogP) is 4.05. The number of halogens is 5. The minimum atomic E-state index is -4.78. The van der Waals surface area contributed by atoms with Crippen molar-refractivity contribution < 1.29 is 36.6 Å². The number of benzene rings is 1. The van der Waals surface area contributed by atoms with Gasteiger partial charge in [0.25, 0.3) is 11.8 Å². The number of aromatic nitrogens is 3. The monoisotopic (exact) mass is 542 g/mol. The summed E-state index contributed by atoms with van der Waals surface area (Å²) in [6.45, 7) is 0.980. The molecule has 1 aliphatic rings. The van der Waals surface area contributed by atoms with Gasteiger partial charge in [-0.05, 0) is 30.6 Å². The summed E-state index contributed by atoms with van der Waals surface area (Å²) in [4.78, 5) is 34.6. The maximum absolute atomic E-state index is 13.5. The van der Waals surface area contributed by atoms with E-state index in [4.69, 9.17) is 0 Å². The van der Waals surface area contributed by atoms with E-state index in [0.717, 1.165) is 34.8 Å². The van der Waals surface area contributed by atoms with E-state index in [2.05, 4.69) is 25.0 Å². The number of carbonyl (C=O) groups is 2. The highest BCUT2D eigenvalue weighted by Gasteiger charge is 2.55. The fourth-order valence-corrected chi connectivity index (χ4v) is 4.44. The lowest BCUT2D eigenvalue weighted by Gasteiger charge is -2.38. The molecule has 0 bridgehead atoms. The molecular weight excluding hydrogens is 523 g/mol. The number of hydrogen-bond donors (Lipinski definition) is 3. The van der Waals surface area contributed by atoms with Crippen LogP contribution in [0.2, 0.25) is 0 Å². The van der Waals surface area contributed by atoms with Crippen molar-refractivity contribution in [2.24, 2.45) is 0 Å². The zero-order valence-corrected chi connectivity index (χ0v) is 19.9. The Labute approximate surface area is 210 Å². The van der Waals surface area contributed by atoms with Gasteiger partial charge >= 0.3 is 6.18 Å². The van der Waals surface area contributed by atoms with Crippen molar-refractivity contribution in [1.82, 2.24) is 19.2 Å². The summed E-state index contributed by atoms with van der Waals surface area (Å²) < 4.78 is 69.7. The van der Waals surface area contributed by atoms with Crippen LogP contribution in [0.5, 0.6) is 0 Å². The minimum absolute atomic E-state index is 0.0366. The van der Waals surface area contributed by atoms with E-state index in [1.165, 1.54) is 12.3 Å². The van der Waals surface area contributed by atoms with E-state index < -0.39 is 48.1 Å². The second-order valence-electron chi connectivity index (χ2n) is 8.29. The van der Waals surface area contributed by atoms with Crippen molar-refractivity contribution in [3.8, 4) is 0 Å². The molecule has 37 heavy (non-hydrogen) atoms. The molecule has 2 aromatic heterocycles. The molecule has 3 N–H and O–H groups in total. The molecule has 3 heterocycles. The van der Waals surface area contributed by atoms with Crippen LogP contribution in [0.1, 0.15) is 39.4 Å². The van der Waals surface area contributed by atoms with E-state index in [1.54, 1.807) is 6.92 Å². The number of likely N-dealkylation sites (tertiary alicyclic amines) is 1. The van der Waals surface area contributed by atoms with E-state index >= 15 is 0 Å². The zero-order chi connectivity index (χ0) is 27.0. The number of alkyl halides is 3. The van der Waals surface area contributed by atoms with Crippen LogP contribution >= 0.6 is 11.5 Å². The molecule has 15 heteroatoms. The van der Waals surface area contributed by atoms with Gasteiger partial charge in [-0.1, -0.05) is 0 Å². The number of amides is 2. The first-order valence-electron chi connectivity index (χ1n) is 10.8. The zero-order valence-electron chi connectivity index (χ0n) is 19.1. The van der Waals surface area contributed by atoms with Crippen molar-refractivity contribution in [2.45, 2.75) is 31.5 Å². The number of nitrogens with zero attached hydrogens (tertiary/aromatic N) is 4. The van der Waals surface area contributed by atoms with E-state index in [0.29, 0.717) is 5.69 Å². The first kappa shape index (κ1) is 26.3. The number of hydrogen-bond acceptors (Lipinski definition) is 8. The lowest BCUT2D eigenvalue weighted by atomic mass is 9.90. The van der Waals surface area contributed by atoms with Gasteiger partial charge in [0.1, 0.15) is 16.5 Å². The number of rotatable bonds is 5. The summed E-state index contributed by atoms with van der Waals surface area (Å²) >= 11 is 0.936. The van der Waals surface area contributed by atoms with Crippen molar-refractivity contribution in [3.63, 3.8) is 0 Å². The van der Waals surface area contributed by atoms with Crippen LogP contribution < -0.4 is 10.6 Å². The van der Waals surface area contributed by atoms with Crippen molar-refractivity contribution >= 4 is 39.9 Å². The summed E-state index contributed by atoms with van der Waals surface area (Å²) in [5, 5.41) is 15.4. The standard InChI is InChI=1S/C22H19F5N6O3S/c1-11-17(18(34)30-12-2-3-13(23)14(24)8-12)19(37-32-11)31-16-10-28-15(9-29-16)20(35)33-6-4-21(36,5-7-33)22(25,26)27/h2-3,8-10,36H,4-7H2,1H3,(H,29,31)(H,30,34). The fraction of sp³-hybridized carbons (Fsp3) is 0.318. The molecule has 196 valence electrons. The van der Waals surface area contributed by atoms with Gasteiger partial charge in [-0.2, -0.15) is 17.5 Å².